The van der Waals surface area contributed by atoms with Crippen molar-refractivity contribution in [3.8, 4) is 0 Å². The van der Waals surface area contributed by atoms with Gasteiger partial charge in [-0.1, -0.05) is 13.8 Å². The topological polar surface area (TPSA) is 67.2 Å². The Balaban J connectivity index is 2.79. The molecule has 16 heavy (non-hydrogen) atoms. The number of nitrogens with one attached hydrogen (secondary N) is 1. The maximum absolute atomic E-state index is 11.2. The van der Waals surface area contributed by atoms with Crippen LogP contribution in [0.1, 0.15) is 38.3 Å². The largest absolute Gasteiger partial charge is 0.480 e. The third kappa shape index (κ3) is 3.06. The first-order chi connectivity index (χ1) is 7.58. The first-order valence-corrected chi connectivity index (χ1v) is 5.55. The van der Waals surface area contributed by atoms with Gasteiger partial charge in [0.2, 0.25) is 0 Å². The molecule has 0 bridgehead atoms. The second-order valence-corrected chi connectivity index (χ2v) is 3.90. The van der Waals surface area contributed by atoms with E-state index >= 15 is 0 Å². The molecule has 0 saturated heterocycles. The van der Waals surface area contributed by atoms with Crippen LogP contribution in [0.25, 0.3) is 0 Å². The molecule has 2 N–H and O–H groups in total. The van der Waals surface area contributed by atoms with Gasteiger partial charge >= 0.3 is 5.97 Å². The first-order valence-electron chi connectivity index (χ1n) is 5.55. The fourth-order valence-corrected chi connectivity index (χ4v) is 1.66. The molecule has 0 radical (unpaired) electrons. The van der Waals surface area contributed by atoms with Crippen LogP contribution in [0.4, 0.5) is 0 Å². The quantitative estimate of drug-likeness (QED) is 0.766. The Labute approximate surface area is 95.5 Å². The number of carboxylic acids is 1. The zero-order valence-corrected chi connectivity index (χ0v) is 9.97. The van der Waals surface area contributed by atoms with Gasteiger partial charge in [-0.15, -0.1) is 0 Å². The highest BCUT2D eigenvalue weighted by atomic mass is 16.4. The Bertz CT molecular complexity index is 345. The Morgan fingerprint density at radius 1 is 1.56 bits per heavy atom. The summed E-state index contributed by atoms with van der Waals surface area (Å²) in [6.45, 7) is 4.09. The predicted molar refractivity (Wildman–Crippen MR) is 61.1 cm³/mol. The number of nitrogens with zero attached hydrogens (tertiary/aromatic N) is 2. The van der Waals surface area contributed by atoms with Crippen LogP contribution in [0.15, 0.2) is 12.4 Å². The fraction of sp³-hybridized carbons (Fsp3) is 0.636. The second-order valence-electron chi connectivity index (χ2n) is 3.90. The molecular weight excluding hydrogens is 206 g/mol. The summed E-state index contributed by atoms with van der Waals surface area (Å²) in [5.74, 6) is -0.861. The summed E-state index contributed by atoms with van der Waals surface area (Å²) in [5, 5.41) is 16.3. The summed E-state index contributed by atoms with van der Waals surface area (Å²) in [6, 6.07) is -0.445. The molecule has 1 aromatic rings. The highest BCUT2D eigenvalue weighted by molar-refractivity contribution is 5.75. The van der Waals surface area contributed by atoms with E-state index in [0.717, 1.165) is 12.8 Å². The first kappa shape index (κ1) is 12.7. The van der Waals surface area contributed by atoms with Crippen molar-refractivity contribution >= 4 is 5.97 Å². The van der Waals surface area contributed by atoms with Gasteiger partial charge in [-0.25, -0.2) is 0 Å². The zero-order valence-electron chi connectivity index (χ0n) is 9.97. The molecule has 1 aromatic heterocycles. The molecule has 1 unspecified atom stereocenters. The van der Waals surface area contributed by atoms with Gasteiger partial charge in [0.05, 0.1) is 6.20 Å². The number of rotatable bonds is 6. The minimum Gasteiger partial charge on any atom is -0.480 e. The number of hydrogen-bond acceptors (Lipinski definition) is 3. The molecule has 0 spiro atoms. The summed E-state index contributed by atoms with van der Waals surface area (Å²) < 4.78 is 1.61. The smallest absolute Gasteiger partial charge is 0.325 e. The summed E-state index contributed by atoms with van der Waals surface area (Å²) in [7, 11) is 1.78. The molecule has 0 aliphatic carbocycles. The monoisotopic (exact) mass is 225 g/mol. The van der Waals surface area contributed by atoms with Crippen LogP contribution in [0.3, 0.4) is 0 Å². The van der Waals surface area contributed by atoms with Crippen molar-refractivity contribution < 1.29 is 9.90 Å². The molecular formula is C11H19N3O2. The minimum absolute atomic E-state index is 0.223. The third-order valence-electron chi connectivity index (χ3n) is 2.69. The molecule has 5 nitrogen and oxygen atoms in total. The molecule has 0 aliphatic heterocycles. The Morgan fingerprint density at radius 3 is 2.56 bits per heavy atom. The van der Waals surface area contributed by atoms with Crippen molar-refractivity contribution in [2.45, 2.75) is 38.8 Å². The molecule has 5 heteroatoms. The van der Waals surface area contributed by atoms with Crippen molar-refractivity contribution in [1.29, 1.82) is 0 Å². The maximum Gasteiger partial charge on any atom is 0.325 e. The average Bonchev–Trinajstić information content (AvgIpc) is 2.66. The molecule has 0 saturated carbocycles. The highest BCUT2D eigenvalue weighted by Crippen LogP contribution is 2.14. The van der Waals surface area contributed by atoms with Gasteiger partial charge in [0.1, 0.15) is 6.04 Å². The van der Waals surface area contributed by atoms with Gasteiger partial charge in [0.25, 0.3) is 0 Å². The Hall–Kier alpha value is -1.36. The van der Waals surface area contributed by atoms with E-state index in [1.54, 1.807) is 24.1 Å². The predicted octanol–water partition coefficient (Wildman–Crippen LogP) is 1.32. The van der Waals surface area contributed by atoms with Crippen molar-refractivity contribution in [3.63, 3.8) is 0 Å². The Kier molecular flexibility index (Phi) is 4.49. The molecule has 1 atom stereocenters. The molecule has 0 fully saturated rings. The SMILES string of the molecule is CCC(CC)NC(C(=O)O)c1cnn(C)c1. The van der Waals surface area contributed by atoms with E-state index in [9.17, 15) is 9.90 Å². The summed E-state index contributed by atoms with van der Waals surface area (Å²) in [4.78, 5) is 11.2. The lowest BCUT2D eigenvalue weighted by molar-refractivity contribution is -0.139. The normalized spacial score (nSPS) is 13.0. The van der Waals surface area contributed by atoms with Crippen molar-refractivity contribution in [1.82, 2.24) is 15.1 Å². The summed E-state index contributed by atoms with van der Waals surface area (Å²) >= 11 is 0. The van der Waals surface area contributed by atoms with E-state index in [0.29, 0.717) is 5.56 Å². The van der Waals surface area contributed by atoms with Crippen molar-refractivity contribution in [2.75, 3.05) is 0 Å². The van der Waals surface area contributed by atoms with Gasteiger partial charge in [0, 0.05) is 24.8 Å². The van der Waals surface area contributed by atoms with Gasteiger partial charge in [-0.05, 0) is 12.8 Å². The molecule has 1 heterocycles. The van der Waals surface area contributed by atoms with Crippen LogP contribution in [-0.4, -0.2) is 26.9 Å². The number of carbonyl (C=O) groups is 1. The molecule has 0 aliphatic rings. The zero-order chi connectivity index (χ0) is 12.1. The van der Waals surface area contributed by atoms with Gasteiger partial charge in [-0.2, -0.15) is 5.10 Å². The lowest BCUT2D eigenvalue weighted by Crippen LogP contribution is -2.36. The standard InChI is InChI=1S/C11H19N3O2/c1-4-9(5-2)13-10(11(15)16)8-6-12-14(3)7-8/h6-7,9-10,13H,4-5H2,1-3H3,(H,15,16). The average molecular weight is 225 g/mol. The van der Waals surface area contributed by atoms with Crippen LogP contribution in [0.5, 0.6) is 0 Å². The lowest BCUT2D eigenvalue weighted by Gasteiger charge is -2.20. The van der Waals surface area contributed by atoms with E-state index in [-0.39, 0.29) is 6.04 Å². The Morgan fingerprint density at radius 2 is 2.19 bits per heavy atom. The van der Waals surface area contributed by atoms with Crippen molar-refractivity contribution in [2.24, 2.45) is 7.05 Å². The van der Waals surface area contributed by atoms with Gasteiger partial charge in [0.15, 0.2) is 0 Å². The van der Waals surface area contributed by atoms with Crippen LogP contribution >= 0.6 is 0 Å². The molecule has 90 valence electrons. The van der Waals surface area contributed by atoms with E-state index in [1.165, 1.54) is 0 Å². The van der Waals surface area contributed by atoms with E-state index in [2.05, 4.69) is 10.4 Å². The lowest BCUT2D eigenvalue weighted by atomic mass is 10.1. The molecule has 1 rings (SSSR count). The number of hydrogen-bond donors (Lipinski definition) is 2. The second kappa shape index (κ2) is 5.65. The summed E-state index contributed by atoms with van der Waals surface area (Å²) in [6.07, 6.45) is 5.16. The van der Waals surface area contributed by atoms with Crippen LogP contribution in [-0.2, 0) is 11.8 Å². The van der Waals surface area contributed by atoms with Gasteiger partial charge < -0.3 is 5.11 Å². The van der Waals surface area contributed by atoms with Crippen LogP contribution < -0.4 is 5.32 Å². The number of carboxylic acid groups (broad SMARTS) is 1. The fourth-order valence-electron chi connectivity index (χ4n) is 1.66. The highest BCUT2D eigenvalue weighted by Gasteiger charge is 2.23. The van der Waals surface area contributed by atoms with Gasteiger partial charge in [-0.3, -0.25) is 14.8 Å². The third-order valence-corrected chi connectivity index (χ3v) is 2.69. The van der Waals surface area contributed by atoms with E-state index in [1.807, 2.05) is 13.8 Å². The minimum atomic E-state index is -0.861. The van der Waals surface area contributed by atoms with Crippen LogP contribution in [0.2, 0.25) is 0 Å². The summed E-state index contributed by atoms with van der Waals surface area (Å²) in [5.41, 5.74) is 0.696. The number of aromatic nitrogens is 2. The molecule has 0 aromatic carbocycles. The maximum atomic E-state index is 11.2. The van der Waals surface area contributed by atoms with E-state index in [4.69, 9.17) is 0 Å². The van der Waals surface area contributed by atoms with Crippen molar-refractivity contribution in [3.05, 3.63) is 18.0 Å². The van der Waals surface area contributed by atoms with Crippen LogP contribution in [0, 0.1) is 0 Å². The number of aliphatic carboxylic acids is 1. The molecule has 0 amide bonds. The van der Waals surface area contributed by atoms with E-state index < -0.39 is 12.0 Å². The number of aryl methyl sites for hydroxylation is 1.